The van der Waals surface area contributed by atoms with Gasteiger partial charge in [-0.15, -0.1) is 0 Å². The number of carbonyl (C=O) groups is 1. The van der Waals surface area contributed by atoms with Crippen molar-refractivity contribution in [3.63, 3.8) is 0 Å². The SMILES string of the molecule is COc1cccc(C(=O)NCCN(c2ccc(C)cc2)S(C)(=O)=O)c1. The van der Waals surface area contributed by atoms with Crippen LogP contribution >= 0.6 is 0 Å². The van der Waals surface area contributed by atoms with Gasteiger partial charge in [0.25, 0.3) is 5.91 Å². The van der Waals surface area contributed by atoms with E-state index >= 15 is 0 Å². The van der Waals surface area contributed by atoms with Gasteiger partial charge in [-0.05, 0) is 37.3 Å². The van der Waals surface area contributed by atoms with Crippen LogP contribution in [-0.4, -0.2) is 40.8 Å². The molecule has 0 aliphatic rings. The zero-order valence-electron chi connectivity index (χ0n) is 14.5. The quantitative estimate of drug-likeness (QED) is 0.819. The summed E-state index contributed by atoms with van der Waals surface area (Å²) >= 11 is 0. The Balaban J connectivity index is 2.03. The maximum absolute atomic E-state index is 12.2. The van der Waals surface area contributed by atoms with Crippen molar-refractivity contribution in [3.8, 4) is 5.75 Å². The Kier molecular flexibility index (Phi) is 6.03. The van der Waals surface area contributed by atoms with Crippen molar-refractivity contribution in [1.29, 1.82) is 0 Å². The summed E-state index contributed by atoms with van der Waals surface area (Å²) in [6.07, 6.45) is 1.15. The minimum atomic E-state index is -3.44. The van der Waals surface area contributed by atoms with Crippen LogP contribution in [0.5, 0.6) is 5.75 Å². The van der Waals surface area contributed by atoms with Gasteiger partial charge in [0.05, 0.1) is 25.6 Å². The van der Waals surface area contributed by atoms with Gasteiger partial charge in [0.1, 0.15) is 5.75 Å². The lowest BCUT2D eigenvalue weighted by Gasteiger charge is -2.22. The fourth-order valence-electron chi connectivity index (χ4n) is 2.33. The smallest absolute Gasteiger partial charge is 0.251 e. The van der Waals surface area contributed by atoms with E-state index in [1.165, 1.54) is 11.4 Å². The van der Waals surface area contributed by atoms with E-state index in [1.807, 2.05) is 19.1 Å². The molecule has 6 nitrogen and oxygen atoms in total. The molecule has 2 rings (SSSR count). The highest BCUT2D eigenvalue weighted by Gasteiger charge is 2.17. The van der Waals surface area contributed by atoms with Crippen molar-refractivity contribution < 1.29 is 17.9 Å². The molecule has 1 N–H and O–H groups in total. The molecule has 0 spiro atoms. The van der Waals surface area contributed by atoms with Crippen LogP contribution in [0.4, 0.5) is 5.69 Å². The number of nitrogens with zero attached hydrogens (tertiary/aromatic N) is 1. The Bertz CT molecular complexity index is 832. The summed E-state index contributed by atoms with van der Waals surface area (Å²) in [5.41, 5.74) is 2.08. The van der Waals surface area contributed by atoms with Crippen molar-refractivity contribution in [2.75, 3.05) is 30.8 Å². The Hall–Kier alpha value is -2.54. The van der Waals surface area contributed by atoms with E-state index in [1.54, 1.807) is 36.4 Å². The predicted molar refractivity (Wildman–Crippen MR) is 98.7 cm³/mol. The predicted octanol–water partition coefficient (Wildman–Crippen LogP) is 2.20. The van der Waals surface area contributed by atoms with E-state index in [2.05, 4.69) is 5.32 Å². The maximum Gasteiger partial charge on any atom is 0.251 e. The first-order valence-corrected chi connectivity index (χ1v) is 9.63. The highest BCUT2D eigenvalue weighted by Crippen LogP contribution is 2.17. The highest BCUT2D eigenvalue weighted by atomic mass is 32.2. The van der Waals surface area contributed by atoms with Crippen molar-refractivity contribution in [1.82, 2.24) is 5.32 Å². The second kappa shape index (κ2) is 8.02. The van der Waals surface area contributed by atoms with Crippen LogP contribution in [0, 0.1) is 6.92 Å². The van der Waals surface area contributed by atoms with Gasteiger partial charge in [-0.1, -0.05) is 23.8 Å². The van der Waals surface area contributed by atoms with E-state index in [-0.39, 0.29) is 19.0 Å². The summed E-state index contributed by atoms with van der Waals surface area (Å²) in [7, 11) is -1.91. The molecule has 0 atom stereocenters. The maximum atomic E-state index is 12.2. The van der Waals surface area contributed by atoms with Crippen LogP contribution in [0.25, 0.3) is 0 Å². The van der Waals surface area contributed by atoms with Gasteiger partial charge >= 0.3 is 0 Å². The van der Waals surface area contributed by atoms with Gasteiger partial charge in [-0.25, -0.2) is 8.42 Å². The highest BCUT2D eigenvalue weighted by molar-refractivity contribution is 7.92. The molecule has 0 heterocycles. The number of rotatable bonds is 7. The number of benzene rings is 2. The molecule has 0 aliphatic carbocycles. The first-order valence-electron chi connectivity index (χ1n) is 7.78. The van der Waals surface area contributed by atoms with Gasteiger partial charge in [-0.3, -0.25) is 9.10 Å². The molecular weight excluding hydrogens is 340 g/mol. The Labute approximate surface area is 148 Å². The van der Waals surface area contributed by atoms with Gasteiger partial charge in [0.15, 0.2) is 0 Å². The van der Waals surface area contributed by atoms with E-state index in [4.69, 9.17) is 4.74 Å². The average Bonchev–Trinajstić information content (AvgIpc) is 2.58. The number of anilines is 1. The monoisotopic (exact) mass is 362 g/mol. The van der Waals surface area contributed by atoms with Gasteiger partial charge in [-0.2, -0.15) is 0 Å². The molecule has 25 heavy (non-hydrogen) atoms. The van der Waals surface area contributed by atoms with Crippen LogP contribution in [0.1, 0.15) is 15.9 Å². The zero-order chi connectivity index (χ0) is 18.4. The molecule has 0 unspecified atom stereocenters. The number of hydrogen-bond donors (Lipinski definition) is 1. The van der Waals surface area contributed by atoms with Crippen molar-refractivity contribution in [3.05, 3.63) is 59.7 Å². The first kappa shape index (κ1) is 18.8. The second-order valence-electron chi connectivity index (χ2n) is 5.66. The van der Waals surface area contributed by atoms with Crippen LogP contribution in [0.15, 0.2) is 48.5 Å². The number of aryl methyl sites for hydroxylation is 1. The minimum absolute atomic E-state index is 0.150. The van der Waals surface area contributed by atoms with E-state index < -0.39 is 10.0 Å². The standard InChI is InChI=1S/C18H22N2O4S/c1-14-7-9-16(10-8-14)20(25(3,22)23)12-11-19-18(21)15-5-4-6-17(13-15)24-2/h4-10,13H,11-12H2,1-3H3,(H,19,21). The molecule has 134 valence electrons. The van der Waals surface area contributed by atoms with Gasteiger partial charge in [0.2, 0.25) is 10.0 Å². The number of amides is 1. The summed E-state index contributed by atoms with van der Waals surface area (Å²) in [6, 6.07) is 14.0. The van der Waals surface area contributed by atoms with Crippen LogP contribution in [0.3, 0.4) is 0 Å². The molecular formula is C18H22N2O4S. The molecule has 0 aliphatic heterocycles. The summed E-state index contributed by atoms with van der Waals surface area (Å²) in [4.78, 5) is 12.2. The summed E-state index contributed by atoms with van der Waals surface area (Å²) in [5, 5.41) is 2.73. The van der Waals surface area contributed by atoms with Crippen molar-refractivity contribution in [2.24, 2.45) is 0 Å². The number of methoxy groups -OCH3 is 1. The Morgan fingerprint density at radius 2 is 1.84 bits per heavy atom. The first-order chi connectivity index (χ1) is 11.8. The van der Waals surface area contributed by atoms with Crippen LogP contribution in [-0.2, 0) is 10.0 Å². The molecule has 0 fully saturated rings. The molecule has 0 aromatic heterocycles. The fourth-order valence-corrected chi connectivity index (χ4v) is 3.26. The third-order valence-corrected chi connectivity index (χ3v) is 4.85. The lowest BCUT2D eigenvalue weighted by atomic mass is 10.2. The number of ether oxygens (including phenoxy) is 1. The topological polar surface area (TPSA) is 75.7 Å². The van der Waals surface area contributed by atoms with Gasteiger partial charge in [0, 0.05) is 12.1 Å². The Morgan fingerprint density at radius 3 is 2.44 bits per heavy atom. The number of sulfonamides is 1. The molecule has 0 radical (unpaired) electrons. The van der Waals surface area contributed by atoms with E-state index in [0.717, 1.165) is 11.8 Å². The molecule has 1 amide bonds. The fraction of sp³-hybridized carbons (Fsp3) is 0.278. The number of carbonyl (C=O) groups excluding carboxylic acids is 1. The number of hydrogen-bond acceptors (Lipinski definition) is 4. The van der Waals surface area contributed by atoms with Gasteiger partial charge < -0.3 is 10.1 Å². The van der Waals surface area contributed by atoms with Crippen LogP contribution < -0.4 is 14.4 Å². The lowest BCUT2D eigenvalue weighted by Crippen LogP contribution is -2.38. The Morgan fingerprint density at radius 1 is 1.16 bits per heavy atom. The van der Waals surface area contributed by atoms with Crippen molar-refractivity contribution in [2.45, 2.75) is 6.92 Å². The third kappa shape index (κ3) is 5.22. The largest absolute Gasteiger partial charge is 0.497 e. The van der Waals surface area contributed by atoms with E-state index in [0.29, 0.717) is 17.0 Å². The van der Waals surface area contributed by atoms with E-state index in [9.17, 15) is 13.2 Å². The normalized spacial score (nSPS) is 11.0. The summed E-state index contributed by atoms with van der Waals surface area (Å²) in [5.74, 6) is 0.307. The molecule has 0 saturated heterocycles. The minimum Gasteiger partial charge on any atom is -0.497 e. The molecule has 2 aromatic rings. The molecule has 0 saturated carbocycles. The number of nitrogens with one attached hydrogen (secondary N) is 1. The second-order valence-corrected chi connectivity index (χ2v) is 7.57. The molecule has 2 aromatic carbocycles. The third-order valence-electron chi connectivity index (χ3n) is 3.65. The lowest BCUT2D eigenvalue weighted by molar-refractivity contribution is 0.0954. The average molecular weight is 362 g/mol. The molecule has 7 heteroatoms. The van der Waals surface area contributed by atoms with Crippen molar-refractivity contribution >= 4 is 21.6 Å². The van der Waals surface area contributed by atoms with Crippen LogP contribution in [0.2, 0.25) is 0 Å². The molecule has 0 bridgehead atoms. The summed E-state index contributed by atoms with van der Waals surface area (Å²) < 4.78 is 30.5. The zero-order valence-corrected chi connectivity index (χ0v) is 15.3. The summed E-state index contributed by atoms with van der Waals surface area (Å²) in [6.45, 7) is 2.28.